The molecule has 2 rings (SSSR count). The lowest BCUT2D eigenvalue weighted by Gasteiger charge is -2.17. The van der Waals surface area contributed by atoms with E-state index in [1.807, 2.05) is 0 Å². The predicted molar refractivity (Wildman–Crippen MR) is 86.4 cm³/mol. The van der Waals surface area contributed by atoms with Crippen LogP contribution in [-0.4, -0.2) is 27.5 Å². The van der Waals surface area contributed by atoms with E-state index in [0.717, 1.165) is 17.7 Å². The van der Waals surface area contributed by atoms with Gasteiger partial charge in [-0.2, -0.15) is 4.72 Å². The van der Waals surface area contributed by atoms with E-state index in [9.17, 15) is 17.6 Å². The summed E-state index contributed by atoms with van der Waals surface area (Å²) in [6, 6.07) is 10.7. The van der Waals surface area contributed by atoms with Gasteiger partial charge in [-0.15, -0.1) is 0 Å². The summed E-state index contributed by atoms with van der Waals surface area (Å²) >= 11 is 0. The summed E-state index contributed by atoms with van der Waals surface area (Å²) in [4.78, 5) is 11.2. The molecule has 2 aromatic rings. The summed E-state index contributed by atoms with van der Waals surface area (Å²) < 4.78 is 45.6. The number of rotatable bonds is 7. The zero-order valence-electron chi connectivity index (χ0n) is 12.9. The van der Waals surface area contributed by atoms with Crippen molar-refractivity contribution >= 4 is 15.9 Å². The van der Waals surface area contributed by atoms with Crippen molar-refractivity contribution in [1.29, 1.82) is 0 Å². The second kappa shape index (κ2) is 7.41. The molecular weight excluding hydrogens is 335 g/mol. The van der Waals surface area contributed by atoms with Gasteiger partial charge in [0.25, 0.3) is 0 Å². The summed E-state index contributed by atoms with van der Waals surface area (Å²) in [6.45, 7) is 0. The van der Waals surface area contributed by atoms with Crippen molar-refractivity contribution in [2.75, 3.05) is 7.11 Å². The number of hydrogen-bond donors (Lipinski definition) is 2. The number of halogens is 1. The highest BCUT2D eigenvalue weighted by Crippen LogP contribution is 2.24. The molecule has 128 valence electrons. The van der Waals surface area contributed by atoms with Gasteiger partial charge in [-0.25, -0.2) is 12.8 Å². The molecule has 0 unspecified atom stereocenters. The van der Waals surface area contributed by atoms with Gasteiger partial charge in [0.1, 0.15) is 22.5 Å². The molecule has 0 heterocycles. The van der Waals surface area contributed by atoms with E-state index >= 15 is 0 Å². The Morgan fingerprint density at radius 2 is 1.92 bits per heavy atom. The van der Waals surface area contributed by atoms with Gasteiger partial charge >= 0.3 is 0 Å². The molecule has 0 fully saturated rings. The first-order chi connectivity index (χ1) is 11.3. The third kappa shape index (κ3) is 4.30. The normalized spacial score (nSPS) is 12.6. The number of hydrogen-bond acceptors (Lipinski definition) is 4. The first kappa shape index (κ1) is 17.9. The van der Waals surface area contributed by atoms with Crippen molar-refractivity contribution in [3.8, 4) is 5.75 Å². The van der Waals surface area contributed by atoms with E-state index in [-0.39, 0.29) is 12.2 Å². The van der Waals surface area contributed by atoms with Gasteiger partial charge in [-0.05, 0) is 30.2 Å². The van der Waals surface area contributed by atoms with Gasteiger partial charge in [-0.1, -0.05) is 30.3 Å². The molecule has 1 amide bonds. The van der Waals surface area contributed by atoms with Gasteiger partial charge < -0.3 is 10.5 Å². The van der Waals surface area contributed by atoms with E-state index in [4.69, 9.17) is 10.5 Å². The number of carbonyl (C=O) groups is 1. The Balaban J connectivity index is 2.31. The zero-order valence-corrected chi connectivity index (χ0v) is 13.7. The maximum absolute atomic E-state index is 13.4. The highest BCUT2D eigenvalue weighted by Gasteiger charge is 2.27. The number of carbonyl (C=O) groups excluding carboxylic acids is 1. The highest BCUT2D eigenvalue weighted by atomic mass is 32.2. The first-order valence-electron chi connectivity index (χ1n) is 7.02. The number of methoxy groups -OCH3 is 1. The van der Waals surface area contributed by atoms with Crippen LogP contribution in [0.2, 0.25) is 0 Å². The van der Waals surface area contributed by atoms with Crippen LogP contribution < -0.4 is 15.2 Å². The van der Waals surface area contributed by atoms with E-state index in [0.29, 0.717) is 0 Å². The lowest BCUT2D eigenvalue weighted by atomic mass is 10.1. The Morgan fingerprint density at radius 3 is 2.50 bits per heavy atom. The van der Waals surface area contributed by atoms with Gasteiger partial charge in [0, 0.05) is 0 Å². The summed E-state index contributed by atoms with van der Waals surface area (Å²) in [7, 11) is -2.94. The van der Waals surface area contributed by atoms with Crippen LogP contribution in [0.5, 0.6) is 5.75 Å². The standard InChI is InChI=1S/C16H17FN2O4S/c1-23-14-8-7-12(17)10-15(14)24(21,22)19-13(16(18)20)9-11-5-3-2-4-6-11/h2-8,10,13,19H,9H2,1H3,(H2,18,20)/t13-/m1/s1. The van der Waals surface area contributed by atoms with Crippen molar-refractivity contribution in [2.24, 2.45) is 5.73 Å². The number of benzene rings is 2. The maximum atomic E-state index is 13.4. The van der Waals surface area contributed by atoms with E-state index in [2.05, 4.69) is 4.72 Å². The quantitative estimate of drug-likeness (QED) is 0.782. The van der Waals surface area contributed by atoms with Crippen LogP contribution in [0.25, 0.3) is 0 Å². The first-order valence-corrected chi connectivity index (χ1v) is 8.51. The molecule has 1 atom stereocenters. The lowest BCUT2D eigenvalue weighted by molar-refractivity contribution is -0.119. The van der Waals surface area contributed by atoms with Crippen LogP contribution in [0.1, 0.15) is 5.56 Å². The molecule has 0 saturated carbocycles. The average molecular weight is 352 g/mol. The summed E-state index contributed by atoms with van der Waals surface area (Å²) in [6.07, 6.45) is 0.0764. The fourth-order valence-electron chi connectivity index (χ4n) is 2.16. The SMILES string of the molecule is COc1ccc(F)cc1S(=O)(=O)N[C@H](Cc1ccccc1)C(N)=O. The number of sulfonamides is 1. The van der Waals surface area contributed by atoms with Gasteiger partial charge in [0.15, 0.2) is 0 Å². The second-order valence-corrected chi connectivity index (χ2v) is 6.74. The zero-order chi connectivity index (χ0) is 17.7. The van der Waals surface area contributed by atoms with E-state index in [1.54, 1.807) is 30.3 Å². The maximum Gasteiger partial charge on any atom is 0.245 e. The van der Waals surface area contributed by atoms with Crippen molar-refractivity contribution in [3.05, 3.63) is 59.9 Å². The fourth-order valence-corrected chi connectivity index (χ4v) is 3.55. The van der Waals surface area contributed by atoms with Crippen molar-refractivity contribution in [2.45, 2.75) is 17.4 Å². The molecule has 0 radical (unpaired) electrons. The van der Waals surface area contributed by atoms with Crippen LogP contribution in [0.15, 0.2) is 53.4 Å². The van der Waals surface area contributed by atoms with Crippen molar-refractivity contribution in [3.63, 3.8) is 0 Å². The van der Waals surface area contributed by atoms with E-state index in [1.165, 1.54) is 13.2 Å². The lowest BCUT2D eigenvalue weighted by Crippen LogP contribution is -2.45. The third-order valence-corrected chi connectivity index (χ3v) is 4.83. The van der Waals surface area contributed by atoms with E-state index < -0.39 is 32.7 Å². The smallest absolute Gasteiger partial charge is 0.245 e. The molecule has 0 spiro atoms. The molecule has 6 nitrogen and oxygen atoms in total. The predicted octanol–water partition coefficient (Wildman–Crippen LogP) is 1.21. The van der Waals surface area contributed by atoms with Crippen molar-refractivity contribution in [1.82, 2.24) is 4.72 Å². The molecule has 0 aliphatic carbocycles. The third-order valence-electron chi connectivity index (χ3n) is 3.34. The van der Waals surface area contributed by atoms with Crippen LogP contribution in [0.3, 0.4) is 0 Å². The molecular formula is C16H17FN2O4S. The Kier molecular flexibility index (Phi) is 5.53. The molecule has 8 heteroatoms. The molecule has 0 aliphatic heterocycles. The fraction of sp³-hybridized carbons (Fsp3) is 0.188. The Hall–Kier alpha value is -2.45. The minimum Gasteiger partial charge on any atom is -0.495 e. The van der Waals surface area contributed by atoms with Crippen LogP contribution >= 0.6 is 0 Å². The molecule has 0 saturated heterocycles. The van der Waals surface area contributed by atoms with Gasteiger partial charge in [0.05, 0.1) is 7.11 Å². The highest BCUT2D eigenvalue weighted by molar-refractivity contribution is 7.89. The Morgan fingerprint density at radius 1 is 1.25 bits per heavy atom. The second-order valence-electron chi connectivity index (χ2n) is 5.06. The topological polar surface area (TPSA) is 98.5 Å². The Labute approximate surface area is 139 Å². The minimum absolute atomic E-state index is 0.0353. The summed E-state index contributed by atoms with van der Waals surface area (Å²) in [5.41, 5.74) is 6.03. The van der Waals surface area contributed by atoms with Gasteiger partial charge in [-0.3, -0.25) is 4.79 Å². The van der Waals surface area contributed by atoms with Gasteiger partial charge in [0.2, 0.25) is 15.9 Å². The number of nitrogens with two attached hydrogens (primary N) is 1. The molecule has 0 aliphatic rings. The monoisotopic (exact) mass is 352 g/mol. The molecule has 2 aromatic carbocycles. The largest absolute Gasteiger partial charge is 0.495 e. The Bertz CT molecular complexity index is 825. The number of amides is 1. The van der Waals surface area contributed by atoms with Crippen LogP contribution in [0, 0.1) is 5.82 Å². The average Bonchev–Trinajstić information content (AvgIpc) is 2.55. The summed E-state index contributed by atoms with van der Waals surface area (Å²) in [5, 5.41) is 0. The summed E-state index contributed by atoms with van der Waals surface area (Å²) in [5.74, 6) is -1.61. The number of nitrogens with one attached hydrogen (secondary N) is 1. The van der Waals surface area contributed by atoms with Crippen LogP contribution in [0.4, 0.5) is 4.39 Å². The molecule has 0 aromatic heterocycles. The number of primary amides is 1. The van der Waals surface area contributed by atoms with Crippen molar-refractivity contribution < 1.29 is 22.3 Å². The number of ether oxygens (including phenoxy) is 1. The molecule has 24 heavy (non-hydrogen) atoms. The molecule has 0 bridgehead atoms. The molecule has 3 N–H and O–H groups in total. The van der Waals surface area contributed by atoms with Crippen LogP contribution in [-0.2, 0) is 21.2 Å². The minimum atomic E-state index is -4.21.